The van der Waals surface area contributed by atoms with Crippen LogP contribution < -0.4 is 0 Å². The molecule has 0 aliphatic heterocycles. The zero-order valence-corrected chi connectivity index (χ0v) is 7.61. The summed E-state index contributed by atoms with van der Waals surface area (Å²) in [5.41, 5.74) is 0. The standard InChI is InChI=1S/C6H9O6P/c7-5(8)1-4(2-6(9)10)3-13(11)12/h4H,1-3H2,(H2-,7,8,9,10,11,12)/p+1. The van der Waals surface area contributed by atoms with Crippen LogP contribution in [0.15, 0.2) is 0 Å². The molecule has 6 nitrogen and oxygen atoms in total. The van der Waals surface area contributed by atoms with Crippen molar-refractivity contribution in [3.63, 3.8) is 0 Å². The van der Waals surface area contributed by atoms with Gasteiger partial charge in [-0.05, 0) is 4.57 Å². The van der Waals surface area contributed by atoms with Gasteiger partial charge in [-0.3, -0.25) is 9.59 Å². The van der Waals surface area contributed by atoms with Gasteiger partial charge in [-0.1, -0.05) is 0 Å². The van der Waals surface area contributed by atoms with Crippen molar-refractivity contribution in [2.24, 2.45) is 5.92 Å². The van der Waals surface area contributed by atoms with E-state index in [1.54, 1.807) is 0 Å². The van der Waals surface area contributed by atoms with Gasteiger partial charge in [-0.15, -0.1) is 0 Å². The van der Waals surface area contributed by atoms with E-state index >= 15 is 0 Å². The summed E-state index contributed by atoms with van der Waals surface area (Å²) in [6, 6.07) is 0. The lowest BCUT2D eigenvalue weighted by Gasteiger charge is -2.03. The first-order chi connectivity index (χ1) is 5.91. The van der Waals surface area contributed by atoms with E-state index in [-0.39, 0.29) is 6.16 Å². The lowest BCUT2D eigenvalue weighted by Crippen LogP contribution is -2.14. The lowest BCUT2D eigenvalue weighted by atomic mass is 10.0. The molecule has 0 aromatic carbocycles. The van der Waals surface area contributed by atoms with Crippen molar-refractivity contribution in [1.29, 1.82) is 0 Å². The highest BCUT2D eigenvalue weighted by molar-refractivity contribution is 7.38. The van der Waals surface area contributed by atoms with E-state index in [2.05, 4.69) is 0 Å². The zero-order chi connectivity index (χ0) is 10.4. The Hall–Kier alpha value is -1.00. The van der Waals surface area contributed by atoms with Gasteiger partial charge in [0, 0.05) is 5.92 Å². The van der Waals surface area contributed by atoms with E-state index in [9.17, 15) is 14.2 Å². The molecular weight excluding hydrogens is 199 g/mol. The number of hydrogen-bond acceptors (Lipinski definition) is 3. The fraction of sp³-hybridized carbons (Fsp3) is 0.667. The molecule has 0 bridgehead atoms. The Bertz CT molecular complexity index is 187. The van der Waals surface area contributed by atoms with E-state index in [0.717, 1.165) is 0 Å². The Kier molecular flexibility index (Phi) is 5.18. The molecule has 1 unspecified atom stereocenters. The Morgan fingerprint density at radius 1 is 1.15 bits per heavy atom. The maximum atomic E-state index is 10.3. The van der Waals surface area contributed by atoms with Gasteiger partial charge in [0.25, 0.3) is 0 Å². The summed E-state index contributed by atoms with van der Waals surface area (Å²) in [7, 11) is -2.48. The topological polar surface area (TPSA) is 112 Å². The van der Waals surface area contributed by atoms with Gasteiger partial charge >= 0.3 is 20.0 Å². The molecule has 13 heavy (non-hydrogen) atoms. The smallest absolute Gasteiger partial charge is 0.481 e. The molecule has 0 radical (unpaired) electrons. The first-order valence-corrected chi connectivity index (χ1v) is 4.88. The number of carboxylic acids is 2. The van der Waals surface area contributed by atoms with Gasteiger partial charge in [0.05, 0.1) is 12.8 Å². The zero-order valence-electron chi connectivity index (χ0n) is 6.71. The van der Waals surface area contributed by atoms with Crippen LogP contribution in [-0.4, -0.2) is 33.2 Å². The third-order valence-corrected chi connectivity index (χ3v) is 2.17. The van der Waals surface area contributed by atoms with Gasteiger partial charge in [-0.2, -0.15) is 4.89 Å². The normalized spacial score (nSPS) is 11.4. The van der Waals surface area contributed by atoms with Gasteiger partial charge < -0.3 is 10.2 Å². The Labute approximate surface area is 75.1 Å². The molecule has 0 aromatic rings. The molecule has 74 valence electrons. The molecule has 7 heteroatoms. The summed E-state index contributed by atoms with van der Waals surface area (Å²) >= 11 is 0. The highest BCUT2D eigenvalue weighted by Gasteiger charge is 2.25. The lowest BCUT2D eigenvalue weighted by molar-refractivity contribution is -0.140. The fourth-order valence-corrected chi connectivity index (χ4v) is 1.62. The molecule has 0 saturated heterocycles. The number of hydrogen-bond donors (Lipinski definition) is 3. The average molecular weight is 209 g/mol. The molecule has 0 spiro atoms. The Morgan fingerprint density at radius 3 is 1.77 bits per heavy atom. The molecule has 0 aliphatic carbocycles. The first kappa shape index (κ1) is 12.0. The maximum Gasteiger partial charge on any atom is 0.505 e. The fourth-order valence-electron chi connectivity index (χ4n) is 0.916. The predicted molar refractivity (Wildman–Crippen MR) is 42.7 cm³/mol. The molecule has 0 aliphatic rings. The van der Waals surface area contributed by atoms with E-state index in [1.165, 1.54) is 0 Å². The minimum Gasteiger partial charge on any atom is -0.481 e. The second-order valence-electron chi connectivity index (χ2n) is 2.60. The summed E-state index contributed by atoms with van der Waals surface area (Å²) in [6.45, 7) is 0. The molecule has 3 N–H and O–H groups in total. The molecule has 0 aromatic heterocycles. The highest BCUT2D eigenvalue weighted by atomic mass is 31.1. The Balaban J connectivity index is 4.10. The van der Waals surface area contributed by atoms with Crippen LogP contribution in [0.25, 0.3) is 0 Å². The van der Waals surface area contributed by atoms with Crippen LogP contribution in [0.2, 0.25) is 0 Å². The van der Waals surface area contributed by atoms with Crippen LogP contribution in [0.3, 0.4) is 0 Å². The quantitative estimate of drug-likeness (QED) is 0.542. The number of aliphatic carboxylic acids is 2. The molecule has 0 fully saturated rings. The third-order valence-electron chi connectivity index (χ3n) is 1.34. The minimum atomic E-state index is -2.48. The van der Waals surface area contributed by atoms with Gasteiger partial charge in [0.1, 0.15) is 0 Å². The number of rotatable bonds is 6. The largest absolute Gasteiger partial charge is 0.505 e. The van der Waals surface area contributed by atoms with Crippen LogP contribution in [0.5, 0.6) is 0 Å². The van der Waals surface area contributed by atoms with Crippen molar-refractivity contribution in [3.05, 3.63) is 0 Å². The predicted octanol–water partition coefficient (Wildman–Crippen LogP) is 0.287. The average Bonchev–Trinajstić information content (AvgIpc) is 1.80. The van der Waals surface area contributed by atoms with Crippen molar-refractivity contribution in [2.75, 3.05) is 6.16 Å². The van der Waals surface area contributed by atoms with Crippen molar-refractivity contribution in [3.8, 4) is 0 Å². The van der Waals surface area contributed by atoms with Crippen molar-refractivity contribution < 1.29 is 29.3 Å². The molecule has 0 heterocycles. The second-order valence-corrected chi connectivity index (χ2v) is 3.67. The van der Waals surface area contributed by atoms with Gasteiger partial charge in [0.2, 0.25) is 0 Å². The number of carboxylic acid groups (broad SMARTS) is 2. The molecule has 0 rings (SSSR count). The summed E-state index contributed by atoms with van der Waals surface area (Å²) < 4.78 is 10.3. The van der Waals surface area contributed by atoms with E-state index < -0.39 is 38.7 Å². The minimum absolute atomic E-state index is 0.284. The van der Waals surface area contributed by atoms with Crippen molar-refractivity contribution in [2.45, 2.75) is 12.8 Å². The van der Waals surface area contributed by atoms with E-state index in [0.29, 0.717) is 0 Å². The third kappa shape index (κ3) is 7.36. The monoisotopic (exact) mass is 209 g/mol. The summed E-state index contributed by atoms with van der Waals surface area (Å²) in [5.74, 6) is -3.10. The van der Waals surface area contributed by atoms with Crippen LogP contribution >= 0.6 is 8.03 Å². The van der Waals surface area contributed by atoms with Crippen LogP contribution in [0.1, 0.15) is 12.8 Å². The number of carbonyl (C=O) groups is 2. The van der Waals surface area contributed by atoms with Gasteiger partial charge in [0.15, 0.2) is 6.16 Å². The summed E-state index contributed by atoms with van der Waals surface area (Å²) in [5, 5.41) is 16.7. The SMILES string of the molecule is O=C(O)CC(CC(=O)O)C[P+](=O)O. The van der Waals surface area contributed by atoms with Crippen LogP contribution in [0.4, 0.5) is 0 Å². The Morgan fingerprint density at radius 2 is 1.54 bits per heavy atom. The van der Waals surface area contributed by atoms with Gasteiger partial charge in [-0.25, -0.2) is 0 Å². The first-order valence-electron chi connectivity index (χ1n) is 3.49. The van der Waals surface area contributed by atoms with Crippen molar-refractivity contribution >= 4 is 20.0 Å². The molecule has 1 atom stereocenters. The van der Waals surface area contributed by atoms with E-state index in [1.807, 2.05) is 0 Å². The highest BCUT2D eigenvalue weighted by Crippen LogP contribution is 2.22. The summed E-state index contributed by atoms with van der Waals surface area (Å²) in [4.78, 5) is 28.9. The molecular formula is C6H10O6P+. The molecule has 0 amide bonds. The maximum absolute atomic E-state index is 10.3. The second kappa shape index (κ2) is 5.61. The van der Waals surface area contributed by atoms with E-state index in [4.69, 9.17) is 15.1 Å². The van der Waals surface area contributed by atoms with Crippen LogP contribution in [0, 0.1) is 5.92 Å². The molecule has 0 saturated carbocycles. The van der Waals surface area contributed by atoms with Crippen molar-refractivity contribution in [1.82, 2.24) is 0 Å². The van der Waals surface area contributed by atoms with Crippen LogP contribution in [-0.2, 0) is 14.2 Å². The summed E-state index contributed by atoms with van der Waals surface area (Å²) in [6.07, 6.45) is -1.07.